The molecule has 1 atom stereocenters. The fourth-order valence-corrected chi connectivity index (χ4v) is 2.70. The van der Waals surface area contributed by atoms with Crippen LogP contribution < -0.4 is 15.4 Å². The van der Waals surface area contributed by atoms with Crippen LogP contribution in [0.5, 0.6) is 11.5 Å². The van der Waals surface area contributed by atoms with Crippen molar-refractivity contribution in [1.29, 1.82) is 0 Å². The first-order valence-corrected chi connectivity index (χ1v) is 9.03. The zero-order valence-corrected chi connectivity index (χ0v) is 16.5. The molecule has 0 saturated carbocycles. The summed E-state index contributed by atoms with van der Waals surface area (Å²) in [6.07, 6.45) is 0.919. The minimum Gasteiger partial charge on any atom is -0.505 e. The lowest BCUT2D eigenvalue weighted by Crippen LogP contribution is -2.34. The molecule has 0 aromatic heterocycles. The molecule has 0 bridgehead atoms. The summed E-state index contributed by atoms with van der Waals surface area (Å²) in [4.78, 5) is 12.4. The topological polar surface area (TPSA) is 70.6 Å². The van der Waals surface area contributed by atoms with Crippen LogP contribution in [0, 0.1) is 0 Å². The van der Waals surface area contributed by atoms with Gasteiger partial charge < -0.3 is 15.2 Å². The van der Waals surface area contributed by atoms with E-state index in [1.165, 1.54) is 12.1 Å². The van der Waals surface area contributed by atoms with Crippen LogP contribution in [0.4, 0.5) is 5.69 Å². The number of aromatic hydroxyl groups is 1. The standard InChI is InChI=1S/C18H18Cl2N2O3S/c1-3-10(2)25-13-6-4-5-11(7-13)17(24)22-18(26)21-12-8-14(19)16(23)15(20)9-12/h4-10,23H,3H2,1-2H3,(H2,21,22,24,26)/t10-/m1/s1. The highest BCUT2D eigenvalue weighted by Crippen LogP contribution is 2.34. The Morgan fingerprint density at radius 2 is 1.92 bits per heavy atom. The van der Waals surface area contributed by atoms with Crippen LogP contribution in [-0.2, 0) is 0 Å². The number of halogens is 2. The number of ether oxygens (including phenoxy) is 1. The first-order valence-electron chi connectivity index (χ1n) is 7.87. The number of phenols is 1. The van der Waals surface area contributed by atoms with Crippen LogP contribution in [0.25, 0.3) is 0 Å². The van der Waals surface area contributed by atoms with Crippen LogP contribution >= 0.6 is 35.4 Å². The smallest absolute Gasteiger partial charge is 0.257 e. The molecule has 8 heteroatoms. The van der Waals surface area contributed by atoms with Gasteiger partial charge in [-0.25, -0.2) is 0 Å². The van der Waals surface area contributed by atoms with Crippen LogP contribution in [-0.4, -0.2) is 22.2 Å². The molecule has 0 heterocycles. The van der Waals surface area contributed by atoms with E-state index in [9.17, 15) is 9.90 Å². The second-order valence-corrected chi connectivity index (χ2v) is 6.78. The number of anilines is 1. The summed E-state index contributed by atoms with van der Waals surface area (Å²) in [5, 5.41) is 15.1. The number of hydrogen-bond donors (Lipinski definition) is 3. The van der Waals surface area contributed by atoms with E-state index >= 15 is 0 Å². The van der Waals surface area contributed by atoms with Crippen molar-refractivity contribution in [1.82, 2.24) is 5.32 Å². The number of amides is 1. The normalized spacial score (nSPS) is 11.5. The van der Waals surface area contributed by atoms with Crippen molar-refractivity contribution in [3.8, 4) is 11.5 Å². The fourth-order valence-electron chi connectivity index (χ4n) is 2.00. The molecule has 1 amide bonds. The van der Waals surface area contributed by atoms with E-state index in [4.69, 9.17) is 40.2 Å². The molecule has 2 aromatic rings. The highest BCUT2D eigenvalue weighted by Gasteiger charge is 2.12. The zero-order chi connectivity index (χ0) is 19.3. The SMILES string of the molecule is CC[C@@H](C)Oc1cccc(C(=O)NC(=S)Nc2cc(Cl)c(O)c(Cl)c2)c1. The quantitative estimate of drug-likeness (QED) is 0.475. The van der Waals surface area contributed by atoms with Gasteiger partial charge in [-0.3, -0.25) is 10.1 Å². The molecule has 0 aliphatic rings. The molecule has 3 N–H and O–H groups in total. The number of hydrogen-bond acceptors (Lipinski definition) is 4. The molecular weight excluding hydrogens is 395 g/mol. The largest absolute Gasteiger partial charge is 0.505 e. The number of benzene rings is 2. The summed E-state index contributed by atoms with van der Waals surface area (Å²) in [6.45, 7) is 3.98. The van der Waals surface area contributed by atoms with Gasteiger partial charge in [-0.15, -0.1) is 0 Å². The van der Waals surface area contributed by atoms with E-state index in [0.717, 1.165) is 6.42 Å². The first-order chi connectivity index (χ1) is 12.3. The van der Waals surface area contributed by atoms with Gasteiger partial charge in [0.2, 0.25) is 0 Å². The number of carbonyl (C=O) groups excluding carboxylic acids is 1. The first kappa shape index (κ1) is 20.3. The molecule has 26 heavy (non-hydrogen) atoms. The third-order valence-electron chi connectivity index (χ3n) is 3.51. The molecule has 138 valence electrons. The monoisotopic (exact) mass is 412 g/mol. The summed E-state index contributed by atoms with van der Waals surface area (Å²) < 4.78 is 5.71. The van der Waals surface area contributed by atoms with Crippen molar-refractivity contribution in [3.63, 3.8) is 0 Å². The maximum Gasteiger partial charge on any atom is 0.257 e. The Morgan fingerprint density at radius 3 is 2.54 bits per heavy atom. The molecule has 0 spiro atoms. The summed E-state index contributed by atoms with van der Waals surface area (Å²) in [6, 6.07) is 9.74. The predicted molar refractivity (Wildman–Crippen MR) is 109 cm³/mol. The third-order valence-corrected chi connectivity index (χ3v) is 4.29. The Bertz CT molecular complexity index is 807. The van der Waals surface area contributed by atoms with Crippen LogP contribution in [0.15, 0.2) is 36.4 Å². The average Bonchev–Trinajstić information content (AvgIpc) is 2.59. The molecule has 0 aliphatic carbocycles. The number of phenolic OH excluding ortho intramolecular Hbond substituents is 1. The number of carbonyl (C=O) groups is 1. The van der Waals surface area contributed by atoms with Gasteiger partial charge in [-0.05, 0) is 55.9 Å². The molecular formula is C18H18Cl2N2O3S. The summed E-state index contributed by atoms with van der Waals surface area (Å²) in [5.74, 6) is 0.0167. The van der Waals surface area contributed by atoms with Crippen molar-refractivity contribution in [2.24, 2.45) is 0 Å². The van der Waals surface area contributed by atoms with Crippen molar-refractivity contribution < 1.29 is 14.6 Å². The Hall–Kier alpha value is -2.02. The fraction of sp³-hybridized carbons (Fsp3) is 0.222. The number of rotatable bonds is 5. The summed E-state index contributed by atoms with van der Waals surface area (Å²) >= 11 is 16.8. The Labute approximate surface area is 167 Å². The lowest BCUT2D eigenvalue weighted by Gasteiger charge is -2.14. The van der Waals surface area contributed by atoms with Gasteiger partial charge >= 0.3 is 0 Å². The number of thiocarbonyl (C=S) groups is 1. The number of nitrogens with one attached hydrogen (secondary N) is 2. The van der Waals surface area contributed by atoms with Gasteiger partial charge in [0.25, 0.3) is 5.91 Å². The molecule has 2 aromatic carbocycles. The highest BCUT2D eigenvalue weighted by atomic mass is 35.5. The van der Waals surface area contributed by atoms with Crippen LogP contribution in [0.3, 0.4) is 0 Å². The Balaban J connectivity index is 2.03. The molecule has 2 rings (SSSR count). The van der Waals surface area contributed by atoms with Crippen molar-refractivity contribution in [3.05, 3.63) is 52.0 Å². The van der Waals surface area contributed by atoms with Gasteiger partial charge in [0.15, 0.2) is 10.9 Å². The predicted octanol–water partition coefficient (Wildman–Crippen LogP) is 5.00. The summed E-state index contributed by atoms with van der Waals surface area (Å²) in [7, 11) is 0. The lowest BCUT2D eigenvalue weighted by atomic mass is 10.2. The Morgan fingerprint density at radius 1 is 1.27 bits per heavy atom. The minimum atomic E-state index is -0.381. The highest BCUT2D eigenvalue weighted by molar-refractivity contribution is 7.80. The van der Waals surface area contributed by atoms with E-state index in [1.807, 2.05) is 13.8 Å². The van der Waals surface area contributed by atoms with Crippen molar-refractivity contribution in [2.45, 2.75) is 26.4 Å². The van der Waals surface area contributed by atoms with E-state index in [1.54, 1.807) is 24.3 Å². The van der Waals surface area contributed by atoms with Gasteiger partial charge in [-0.2, -0.15) is 0 Å². The molecule has 0 saturated heterocycles. The maximum atomic E-state index is 12.4. The van der Waals surface area contributed by atoms with Crippen molar-refractivity contribution >= 4 is 52.1 Å². The van der Waals surface area contributed by atoms with Crippen LogP contribution in [0.2, 0.25) is 10.0 Å². The Kier molecular flexibility index (Phi) is 7.08. The van der Waals surface area contributed by atoms with Crippen molar-refractivity contribution in [2.75, 3.05) is 5.32 Å². The average molecular weight is 413 g/mol. The van der Waals surface area contributed by atoms with Gasteiger partial charge in [0, 0.05) is 11.3 Å². The van der Waals surface area contributed by atoms with Gasteiger partial charge in [0.1, 0.15) is 5.75 Å². The lowest BCUT2D eigenvalue weighted by molar-refractivity contribution is 0.0977. The van der Waals surface area contributed by atoms with E-state index < -0.39 is 0 Å². The molecule has 0 radical (unpaired) electrons. The maximum absolute atomic E-state index is 12.4. The molecule has 0 fully saturated rings. The second kappa shape index (κ2) is 9.07. The van der Waals surface area contributed by atoms with E-state index in [0.29, 0.717) is 17.0 Å². The second-order valence-electron chi connectivity index (χ2n) is 5.56. The molecule has 0 aliphatic heterocycles. The van der Waals surface area contributed by atoms with E-state index in [2.05, 4.69) is 10.6 Å². The zero-order valence-electron chi connectivity index (χ0n) is 14.2. The van der Waals surface area contributed by atoms with Gasteiger partial charge in [0.05, 0.1) is 16.1 Å². The molecule has 5 nitrogen and oxygen atoms in total. The minimum absolute atomic E-state index is 0.0556. The molecule has 0 unspecified atom stereocenters. The third kappa shape index (κ3) is 5.49. The van der Waals surface area contributed by atoms with Crippen LogP contribution in [0.1, 0.15) is 30.6 Å². The summed E-state index contributed by atoms with van der Waals surface area (Å²) in [5.41, 5.74) is 0.855. The van der Waals surface area contributed by atoms with Gasteiger partial charge in [-0.1, -0.05) is 36.2 Å². The van der Waals surface area contributed by atoms with E-state index in [-0.39, 0.29) is 32.9 Å².